The van der Waals surface area contributed by atoms with E-state index in [1.165, 1.54) is 0 Å². The van der Waals surface area contributed by atoms with Crippen LogP contribution in [0, 0.1) is 23.7 Å². The molecule has 19 heavy (non-hydrogen) atoms. The zero-order valence-corrected chi connectivity index (χ0v) is 10.2. The minimum atomic E-state index is -0.150. The van der Waals surface area contributed by atoms with Gasteiger partial charge in [0.25, 0.3) is 0 Å². The van der Waals surface area contributed by atoms with Gasteiger partial charge < -0.3 is 5.11 Å². The molecule has 1 saturated carbocycles. The van der Waals surface area contributed by atoms with Gasteiger partial charge in [-0.3, -0.25) is 9.59 Å². The monoisotopic (exact) mass is 256 g/mol. The summed E-state index contributed by atoms with van der Waals surface area (Å²) >= 11 is 0. The van der Waals surface area contributed by atoms with E-state index in [1.54, 1.807) is 18.2 Å². The number of carbonyl (C=O) groups is 2. The molecule has 1 aliphatic heterocycles. The summed E-state index contributed by atoms with van der Waals surface area (Å²) in [4.78, 5) is 29.2. The number of hydrogen-bond acceptors (Lipinski definition) is 4. The van der Waals surface area contributed by atoms with E-state index in [4.69, 9.17) is 5.11 Å². The van der Waals surface area contributed by atoms with Crippen LogP contribution >= 0.6 is 0 Å². The Morgan fingerprint density at radius 3 is 2.74 bits per heavy atom. The number of carbonyl (C=O) groups excluding carboxylic acids is 2. The molecule has 2 atom stereocenters. The number of aliphatic hydroxyl groups excluding tert-OH is 1. The molecule has 2 fully saturated rings. The molecule has 1 N–H and O–H groups in total. The summed E-state index contributed by atoms with van der Waals surface area (Å²) < 4.78 is 0. The van der Waals surface area contributed by atoms with E-state index in [0.717, 1.165) is 4.90 Å². The lowest BCUT2D eigenvalue weighted by Crippen LogP contribution is -2.33. The maximum atomic E-state index is 11.9. The third-order valence-corrected chi connectivity index (χ3v) is 3.28. The maximum absolute atomic E-state index is 11.9. The van der Waals surface area contributed by atoms with E-state index in [1.807, 2.05) is 0 Å². The number of hydrogen-bond donors (Lipinski definition) is 1. The molecule has 2 unspecified atom stereocenters. The highest BCUT2D eigenvalue weighted by Gasteiger charge is 2.59. The standard InChI is InChI=1S/C14H12N2O3/c17-7-2-1-4-9-5-3-6-12(15-9)16-13(18)10-8-11(10)14(16)19/h3,5-6,10-11,17H,2,7-8H2. The van der Waals surface area contributed by atoms with Gasteiger partial charge in [-0.05, 0) is 24.5 Å². The van der Waals surface area contributed by atoms with E-state index >= 15 is 0 Å². The van der Waals surface area contributed by atoms with Gasteiger partial charge in [-0.2, -0.15) is 0 Å². The predicted molar refractivity (Wildman–Crippen MR) is 66.9 cm³/mol. The summed E-state index contributed by atoms with van der Waals surface area (Å²) in [6, 6.07) is 5.06. The second-order valence-corrected chi connectivity index (χ2v) is 4.62. The Balaban J connectivity index is 1.86. The largest absolute Gasteiger partial charge is 0.395 e. The number of fused-ring (bicyclic) bond motifs is 1. The third kappa shape index (κ3) is 2.00. The molecule has 2 aliphatic rings. The van der Waals surface area contributed by atoms with Crippen molar-refractivity contribution in [3.05, 3.63) is 23.9 Å². The molecule has 0 spiro atoms. The number of aromatic nitrogens is 1. The molecule has 3 rings (SSSR count). The van der Waals surface area contributed by atoms with Gasteiger partial charge in [-0.25, -0.2) is 9.88 Å². The first-order valence-electron chi connectivity index (χ1n) is 6.17. The number of nitrogens with zero attached hydrogens (tertiary/aromatic N) is 2. The molecule has 1 aromatic rings. The van der Waals surface area contributed by atoms with Gasteiger partial charge in [0.15, 0.2) is 0 Å². The summed E-state index contributed by atoms with van der Waals surface area (Å²) in [7, 11) is 0. The van der Waals surface area contributed by atoms with Crippen molar-refractivity contribution in [2.24, 2.45) is 11.8 Å². The van der Waals surface area contributed by atoms with Crippen molar-refractivity contribution in [3.63, 3.8) is 0 Å². The number of piperidine rings is 1. The van der Waals surface area contributed by atoms with Crippen molar-refractivity contribution in [3.8, 4) is 11.8 Å². The fourth-order valence-corrected chi connectivity index (χ4v) is 2.23. The van der Waals surface area contributed by atoms with Crippen LogP contribution in [-0.2, 0) is 9.59 Å². The van der Waals surface area contributed by atoms with E-state index < -0.39 is 0 Å². The van der Waals surface area contributed by atoms with Crippen LogP contribution < -0.4 is 4.90 Å². The molecule has 0 bridgehead atoms. The van der Waals surface area contributed by atoms with E-state index in [2.05, 4.69) is 16.8 Å². The Hall–Kier alpha value is -2.19. The highest BCUT2D eigenvalue weighted by molar-refractivity contribution is 6.24. The number of rotatable bonds is 2. The van der Waals surface area contributed by atoms with Crippen molar-refractivity contribution >= 4 is 17.6 Å². The van der Waals surface area contributed by atoms with E-state index in [0.29, 0.717) is 24.4 Å². The predicted octanol–water partition coefficient (Wildman–Crippen LogP) is 0.325. The number of aliphatic hydroxyl groups is 1. The van der Waals surface area contributed by atoms with Crippen molar-refractivity contribution < 1.29 is 14.7 Å². The molecule has 96 valence electrons. The normalized spacial score (nSPS) is 23.9. The highest BCUT2D eigenvalue weighted by Crippen LogP contribution is 2.47. The summed E-state index contributed by atoms with van der Waals surface area (Å²) in [5, 5.41) is 8.65. The number of anilines is 1. The summed E-state index contributed by atoms with van der Waals surface area (Å²) in [6.45, 7) is -0.000846. The fourth-order valence-electron chi connectivity index (χ4n) is 2.23. The maximum Gasteiger partial charge on any atom is 0.238 e. The van der Waals surface area contributed by atoms with Crippen LogP contribution in [0.4, 0.5) is 5.82 Å². The second-order valence-electron chi connectivity index (χ2n) is 4.62. The lowest BCUT2D eigenvalue weighted by molar-refractivity contribution is -0.123. The van der Waals surface area contributed by atoms with Gasteiger partial charge in [0.2, 0.25) is 11.8 Å². The first-order chi connectivity index (χ1) is 9.22. The van der Waals surface area contributed by atoms with Crippen LogP contribution in [0.3, 0.4) is 0 Å². The van der Waals surface area contributed by atoms with Crippen molar-refractivity contribution in [1.82, 2.24) is 4.98 Å². The van der Waals surface area contributed by atoms with Crippen LogP contribution in [0.25, 0.3) is 0 Å². The Labute approximate surface area is 110 Å². The Bertz CT molecular complexity index is 595. The molecular weight excluding hydrogens is 244 g/mol. The van der Waals surface area contributed by atoms with Crippen LogP contribution in [-0.4, -0.2) is 28.5 Å². The molecule has 1 aliphatic carbocycles. The minimum Gasteiger partial charge on any atom is -0.395 e. The molecule has 5 heteroatoms. The van der Waals surface area contributed by atoms with Crippen LogP contribution in [0.15, 0.2) is 18.2 Å². The average Bonchev–Trinajstić information content (AvgIpc) is 3.15. The topological polar surface area (TPSA) is 70.5 Å². The number of amides is 2. The van der Waals surface area contributed by atoms with E-state index in [-0.39, 0.29) is 30.3 Å². The Morgan fingerprint density at radius 1 is 1.32 bits per heavy atom. The Kier molecular flexibility index (Phi) is 2.80. The molecule has 0 aromatic carbocycles. The van der Waals surface area contributed by atoms with E-state index in [9.17, 15) is 9.59 Å². The third-order valence-electron chi connectivity index (χ3n) is 3.28. The summed E-state index contributed by atoms with van der Waals surface area (Å²) in [5.41, 5.74) is 0.493. The zero-order valence-electron chi connectivity index (χ0n) is 10.2. The molecule has 2 amide bonds. The van der Waals surface area contributed by atoms with Gasteiger partial charge >= 0.3 is 0 Å². The molecule has 1 saturated heterocycles. The van der Waals surface area contributed by atoms with Gasteiger partial charge in [-0.1, -0.05) is 12.0 Å². The van der Waals surface area contributed by atoms with Crippen LogP contribution in [0.1, 0.15) is 18.5 Å². The fraction of sp³-hybridized carbons (Fsp3) is 0.357. The molecule has 2 heterocycles. The second kappa shape index (κ2) is 4.48. The number of imide groups is 1. The van der Waals surface area contributed by atoms with Gasteiger partial charge in [0.05, 0.1) is 18.4 Å². The van der Waals surface area contributed by atoms with Crippen molar-refractivity contribution in [1.29, 1.82) is 0 Å². The van der Waals surface area contributed by atoms with Gasteiger partial charge in [0.1, 0.15) is 11.5 Å². The average molecular weight is 256 g/mol. The lowest BCUT2D eigenvalue weighted by atomic mass is 10.3. The minimum absolute atomic E-state index is 0.000846. The molecule has 5 nitrogen and oxygen atoms in total. The molecule has 1 aromatic heterocycles. The SMILES string of the molecule is O=C1C2CC2C(=O)N1c1cccc(C#CCCO)n1. The van der Waals surface area contributed by atoms with Crippen LogP contribution in [0.2, 0.25) is 0 Å². The lowest BCUT2D eigenvalue weighted by Gasteiger charge is -2.15. The molecular formula is C14H12N2O3. The summed E-state index contributed by atoms with van der Waals surface area (Å²) in [6.07, 6.45) is 1.06. The zero-order chi connectivity index (χ0) is 13.4. The van der Waals surface area contributed by atoms with Crippen molar-refractivity contribution in [2.75, 3.05) is 11.5 Å². The highest BCUT2D eigenvalue weighted by atomic mass is 16.3. The number of pyridine rings is 1. The van der Waals surface area contributed by atoms with Gasteiger partial charge in [-0.15, -0.1) is 0 Å². The van der Waals surface area contributed by atoms with Crippen molar-refractivity contribution in [2.45, 2.75) is 12.8 Å². The quantitative estimate of drug-likeness (QED) is 0.611. The molecule has 0 radical (unpaired) electrons. The van der Waals surface area contributed by atoms with Crippen LogP contribution in [0.5, 0.6) is 0 Å². The van der Waals surface area contributed by atoms with Gasteiger partial charge in [0, 0.05) is 6.42 Å². The first kappa shape index (κ1) is 11.9. The summed E-state index contributed by atoms with van der Waals surface area (Å²) in [5.74, 6) is 5.34. The smallest absolute Gasteiger partial charge is 0.238 e. The first-order valence-corrected chi connectivity index (χ1v) is 6.17. The Morgan fingerprint density at radius 2 is 2.05 bits per heavy atom.